The second-order valence-corrected chi connectivity index (χ2v) is 11.2. The van der Waals surface area contributed by atoms with E-state index < -0.39 is 0 Å². The molecule has 2 heterocycles. The lowest BCUT2D eigenvalue weighted by atomic mass is 9.58. The maximum atomic E-state index is 15.2. The number of anilines is 1. The van der Waals surface area contributed by atoms with Gasteiger partial charge in [-0.15, -0.1) is 0 Å². The zero-order chi connectivity index (χ0) is 22.7. The van der Waals surface area contributed by atoms with Gasteiger partial charge in [0, 0.05) is 32.2 Å². The highest BCUT2D eigenvalue weighted by Gasteiger charge is 2.68. The van der Waals surface area contributed by atoms with Crippen LogP contribution in [0.1, 0.15) is 69.6 Å². The smallest absolute Gasteiger partial charge is 0.222 e. The van der Waals surface area contributed by atoms with Gasteiger partial charge in [0.2, 0.25) is 5.91 Å². The van der Waals surface area contributed by atoms with Crippen molar-refractivity contribution >= 4 is 11.6 Å². The van der Waals surface area contributed by atoms with Gasteiger partial charge in [0.15, 0.2) is 0 Å². The summed E-state index contributed by atoms with van der Waals surface area (Å²) in [6.07, 6.45) is 5.31. The summed E-state index contributed by atoms with van der Waals surface area (Å²) in [5, 5.41) is 12.5. The first kappa shape index (κ1) is 22.1. The molecule has 1 spiro atoms. The number of carbonyl (C=O) groups excluding carboxylic acids is 1. The highest BCUT2D eigenvalue weighted by molar-refractivity contribution is 5.76. The molecule has 1 aromatic carbocycles. The third-order valence-electron chi connectivity index (χ3n) is 9.24. The van der Waals surface area contributed by atoms with Gasteiger partial charge in [0.1, 0.15) is 5.82 Å². The van der Waals surface area contributed by atoms with Crippen LogP contribution in [-0.2, 0) is 9.53 Å². The number of nitrogens with zero attached hydrogens (tertiary/aromatic N) is 1. The Morgan fingerprint density at radius 3 is 2.78 bits per heavy atom. The second-order valence-electron chi connectivity index (χ2n) is 11.2. The van der Waals surface area contributed by atoms with E-state index in [1.165, 1.54) is 0 Å². The molecule has 4 aliphatic rings. The Hall–Kier alpha value is -1.66. The van der Waals surface area contributed by atoms with E-state index in [-0.39, 0.29) is 53.6 Å². The van der Waals surface area contributed by atoms with Crippen LogP contribution >= 0.6 is 0 Å². The third kappa shape index (κ3) is 3.28. The van der Waals surface area contributed by atoms with Crippen LogP contribution in [0.15, 0.2) is 12.1 Å². The van der Waals surface area contributed by atoms with Crippen molar-refractivity contribution in [3.63, 3.8) is 0 Å². The molecule has 2 N–H and O–H groups in total. The summed E-state index contributed by atoms with van der Waals surface area (Å²) in [6.45, 7) is 8.97. The van der Waals surface area contributed by atoms with Crippen molar-refractivity contribution in [3.8, 4) is 0 Å². The molecular formula is C26H37FN2O3. The van der Waals surface area contributed by atoms with Crippen LogP contribution in [0.2, 0.25) is 0 Å². The molecule has 0 radical (unpaired) electrons. The van der Waals surface area contributed by atoms with E-state index in [1.807, 2.05) is 6.07 Å². The molecule has 2 saturated carbocycles. The number of aliphatic hydroxyl groups is 1. The number of aryl methyl sites for hydroxylation is 1. The Morgan fingerprint density at radius 2 is 2.06 bits per heavy atom. The number of carbonyl (C=O) groups is 1. The molecule has 2 saturated heterocycles. The Bertz CT molecular complexity index is 897. The number of benzene rings is 1. The average Bonchev–Trinajstić information content (AvgIpc) is 3.45. The number of hydrogen-bond acceptors (Lipinski definition) is 4. The molecule has 2 aliphatic heterocycles. The summed E-state index contributed by atoms with van der Waals surface area (Å²) < 4.78 is 21.6. The molecule has 1 amide bonds. The second kappa shape index (κ2) is 7.98. The lowest BCUT2D eigenvalue weighted by Crippen LogP contribution is -2.59. The fraction of sp³-hybridized carbons (Fsp3) is 0.731. The van der Waals surface area contributed by atoms with E-state index >= 15 is 4.39 Å². The van der Waals surface area contributed by atoms with E-state index in [0.717, 1.165) is 62.0 Å². The van der Waals surface area contributed by atoms with Crippen molar-refractivity contribution in [2.24, 2.45) is 22.7 Å². The van der Waals surface area contributed by atoms with Crippen molar-refractivity contribution in [1.82, 2.24) is 5.32 Å². The lowest BCUT2D eigenvalue weighted by molar-refractivity contribution is -0.137. The highest BCUT2D eigenvalue weighted by atomic mass is 19.1. The monoisotopic (exact) mass is 444 g/mol. The van der Waals surface area contributed by atoms with Crippen LogP contribution in [0.4, 0.5) is 10.1 Å². The molecule has 5 nitrogen and oxygen atoms in total. The highest BCUT2D eigenvalue weighted by Crippen LogP contribution is 2.70. The van der Waals surface area contributed by atoms with Crippen LogP contribution in [0.5, 0.6) is 0 Å². The molecule has 1 aromatic rings. The number of ether oxygens (including phenoxy) is 1. The normalized spacial score (nSPS) is 35.2. The summed E-state index contributed by atoms with van der Waals surface area (Å²) in [5.74, 6) is 0.549. The van der Waals surface area contributed by atoms with Gasteiger partial charge in [0.25, 0.3) is 0 Å². The first-order valence-corrected chi connectivity index (χ1v) is 12.3. The minimum Gasteiger partial charge on any atom is -0.396 e. The molecule has 4 fully saturated rings. The van der Waals surface area contributed by atoms with Crippen molar-refractivity contribution < 1.29 is 19.0 Å². The maximum Gasteiger partial charge on any atom is 0.222 e. The Kier molecular flexibility index (Phi) is 5.52. The van der Waals surface area contributed by atoms with E-state index in [2.05, 4.69) is 31.0 Å². The van der Waals surface area contributed by atoms with Gasteiger partial charge in [-0.25, -0.2) is 4.39 Å². The van der Waals surface area contributed by atoms with Gasteiger partial charge in [-0.1, -0.05) is 13.8 Å². The number of hydrogen-bond donors (Lipinski definition) is 2. The number of amides is 1. The quantitative estimate of drug-likeness (QED) is 0.717. The number of rotatable bonds is 5. The topological polar surface area (TPSA) is 61.8 Å². The van der Waals surface area contributed by atoms with Gasteiger partial charge in [-0.05, 0) is 85.0 Å². The van der Waals surface area contributed by atoms with Gasteiger partial charge in [-0.3, -0.25) is 4.79 Å². The molecule has 5 rings (SSSR count). The summed E-state index contributed by atoms with van der Waals surface area (Å²) in [5.41, 5.74) is 2.76. The van der Waals surface area contributed by atoms with Crippen molar-refractivity contribution in [1.29, 1.82) is 0 Å². The molecule has 32 heavy (non-hydrogen) atoms. The molecule has 0 unspecified atom stereocenters. The van der Waals surface area contributed by atoms with Crippen molar-refractivity contribution in [3.05, 3.63) is 29.1 Å². The maximum absolute atomic E-state index is 15.2. The fourth-order valence-corrected chi connectivity index (χ4v) is 7.62. The van der Waals surface area contributed by atoms with Crippen molar-refractivity contribution in [2.45, 2.75) is 71.4 Å². The molecule has 176 valence electrons. The van der Waals surface area contributed by atoms with Crippen LogP contribution in [-0.4, -0.2) is 43.4 Å². The van der Waals surface area contributed by atoms with Crippen LogP contribution in [0, 0.1) is 35.4 Å². The zero-order valence-electron chi connectivity index (χ0n) is 19.6. The molecule has 2 aliphatic carbocycles. The van der Waals surface area contributed by atoms with Gasteiger partial charge in [0.05, 0.1) is 18.4 Å². The average molecular weight is 445 g/mol. The van der Waals surface area contributed by atoms with Gasteiger partial charge in [-0.2, -0.15) is 0 Å². The molecule has 6 heteroatoms. The summed E-state index contributed by atoms with van der Waals surface area (Å²) in [7, 11) is 0. The standard InChI is InChI=1S/C26H37FN2O3/c1-16-12-21(29-8-4-5-9-29)20(27)14-18(16)23-19-13-17-15-26(19,7-11-32-23)24(25(17,2)3)28-22(31)6-10-30/h12,14,17,19,23-24,30H,4-11,13,15H2,1-3H3,(H,28,31)/t17-,19-,23-,24+,26-/m1/s1. The third-order valence-corrected chi connectivity index (χ3v) is 9.24. The summed E-state index contributed by atoms with van der Waals surface area (Å²) in [6, 6.07) is 3.79. The summed E-state index contributed by atoms with van der Waals surface area (Å²) in [4.78, 5) is 14.6. The first-order valence-electron chi connectivity index (χ1n) is 12.3. The van der Waals surface area contributed by atoms with E-state index in [1.54, 1.807) is 6.07 Å². The largest absolute Gasteiger partial charge is 0.396 e. The SMILES string of the molecule is Cc1cc(N2CCCC2)c(F)cc1[C@H]1OCC[C@@]23C[C@@H](C[C@H]12)C(C)(C)[C@@H]3NC(=O)CCO. The van der Waals surface area contributed by atoms with E-state index in [0.29, 0.717) is 12.5 Å². The number of aliphatic hydroxyl groups excluding tert-OH is 1. The molecular weight excluding hydrogens is 407 g/mol. The molecule has 5 atom stereocenters. The predicted octanol–water partition coefficient (Wildman–Crippen LogP) is 4.12. The van der Waals surface area contributed by atoms with Gasteiger partial charge >= 0.3 is 0 Å². The number of fused-ring (bicyclic) bond motifs is 1. The Balaban J connectivity index is 1.47. The summed E-state index contributed by atoms with van der Waals surface area (Å²) >= 11 is 0. The van der Waals surface area contributed by atoms with Crippen LogP contribution < -0.4 is 10.2 Å². The minimum absolute atomic E-state index is 0.00338. The lowest BCUT2D eigenvalue weighted by Gasteiger charge is -2.53. The van der Waals surface area contributed by atoms with Gasteiger partial charge < -0.3 is 20.1 Å². The Morgan fingerprint density at radius 1 is 1.31 bits per heavy atom. The molecule has 0 aromatic heterocycles. The van der Waals surface area contributed by atoms with Crippen molar-refractivity contribution in [2.75, 3.05) is 31.2 Å². The minimum atomic E-state index is -0.146. The number of nitrogens with one attached hydrogen (secondary N) is 1. The Labute approximate surface area is 190 Å². The number of halogens is 1. The van der Waals surface area contributed by atoms with Crippen LogP contribution in [0.3, 0.4) is 0 Å². The van der Waals surface area contributed by atoms with E-state index in [9.17, 15) is 9.90 Å². The van der Waals surface area contributed by atoms with Crippen LogP contribution in [0.25, 0.3) is 0 Å². The van der Waals surface area contributed by atoms with E-state index in [4.69, 9.17) is 4.74 Å². The molecule has 2 bridgehead atoms. The predicted molar refractivity (Wildman–Crippen MR) is 122 cm³/mol. The fourth-order valence-electron chi connectivity index (χ4n) is 7.62. The first-order chi connectivity index (χ1) is 15.3. The zero-order valence-corrected chi connectivity index (χ0v) is 19.6.